The van der Waals surface area contributed by atoms with Crippen molar-refractivity contribution in [3.05, 3.63) is 77.1 Å². The molecule has 2 amide bonds. The van der Waals surface area contributed by atoms with Crippen molar-refractivity contribution in [1.82, 2.24) is 4.98 Å². The minimum Gasteiger partial charge on any atom is -0.309 e. The molecule has 0 saturated carbocycles. The number of halogens is 1. The highest BCUT2D eigenvalue weighted by molar-refractivity contribution is 7.14. The van der Waals surface area contributed by atoms with Gasteiger partial charge in [-0.3, -0.25) is 14.5 Å². The average molecular weight is 421 g/mol. The standard InChI is InChI=1S/C23H20FN3O2S/c1-16(28)27(21-11-5-3-9-19(21)24)23-25-18(15-30-23)12-13-22(29)26-14-6-8-17-7-2-4-10-20(17)26/h2-5,7,9-13,15H,6,8,14H2,1H3/b13-12+. The van der Waals surface area contributed by atoms with E-state index < -0.39 is 5.82 Å². The van der Waals surface area contributed by atoms with E-state index >= 15 is 0 Å². The van der Waals surface area contributed by atoms with Crippen molar-refractivity contribution >= 4 is 45.7 Å². The first-order chi connectivity index (χ1) is 14.5. The van der Waals surface area contributed by atoms with Crippen molar-refractivity contribution in [3.63, 3.8) is 0 Å². The van der Waals surface area contributed by atoms with Crippen LogP contribution in [0.3, 0.4) is 0 Å². The summed E-state index contributed by atoms with van der Waals surface area (Å²) in [5, 5.41) is 2.09. The first kappa shape index (κ1) is 20.0. The number of fused-ring (bicyclic) bond motifs is 1. The van der Waals surface area contributed by atoms with Crippen LogP contribution in [0.15, 0.2) is 60.0 Å². The van der Waals surface area contributed by atoms with Crippen LogP contribution in [0, 0.1) is 5.82 Å². The van der Waals surface area contributed by atoms with Crippen molar-refractivity contribution in [2.45, 2.75) is 19.8 Å². The van der Waals surface area contributed by atoms with Gasteiger partial charge in [0.05, 0.1) is 11.4 Å². The van der Waals surface area contributed by atoms with Crippen molar-refractivity contribution < 1.29 is 14.0 Å². The van der Waals surface area contributed by atoms with Crippen molar-refractivity contribution in [1.29, 1.82) is 0 Å². The van der Waals surface area contributed by atoms with Crippen LogP contribution in [0.25, 0.3) is 6.08 Å². The molecule has 30 heavy (non-hydrogen) atoms. The van der Waals surface area contributed by atoms with Gasteiger partial charge in [-0.15, -0.1) is 11.3 Å². The van der Waals surface area contributed by atoms with Crippen LogP contribution >= 0.6 is 11.3 Å². The summed E-state index contributed by atoms with van der Waals surface area (Å²) in [5.41, 5.74) is 2.80. The fourth-order valence-electron chi connectivity index (χ4n) is 3.51. The number of amides is 2. The molecule has 0 N–H and O–H groups in total. The fourth-order valence-corrected chi connectivity index (χ4v) is 4.35. The molecule has 0 radical (unpaired) electrons. The van der Waals surface area contributed by atoms with Gasteiger partial charge < -0.3 is 4.90 Å². The molecule has 0 fully saturated rings. The predicted molar refractivity (Wildman–Crippen MR) is 117 cm³/mol. The minimum absolute atomic E-state index is 0.116. The molecule has 0 bridgehead atoms. The number of aryl methyl sites for hydroxylation is 1. The Morgan fingerprint density at radius 1 is 1.17 bits per heavy atom. The first-order valence-electron chi connectivity index (χ1n) is 9.63. The summed E-state index contributed by atoms with van der Waals surface area (Å²) in [6.45, 7) is 2.04. The highest BCUT2D eigenvalue weighted by Crippen LogP contribution is 2.31. The molecule has 1 aliphatic rings. The Balaban J connectivity index is 1.55. The van der Waals surface area contributed by atoms with Gasteiger partial charge in [-0.1, -0.05) is 30.3 Å². The maximum Gasteiger partial charge on any atom is 0.251 e. The predicted octanol–water partition coefficient (Wildman–Crippen LogP) is 4.96. The van der Waals surface area contributed by atoms with Crippen LogP contribution < -0.4 is 9.80 Å². The lowest BCUT2D eigenvalue weighted by atomic mass is 10.0. The van der Waals surface area contributed by atoms with Gasteiger partial charge in [-0.05, 0) is 42.7 Å². The molecule has 7 heteroatoms. The maximum absolute atomic E-state index is 14.2. The van der Waals surface area contributed by atoms with Gasteiger partial charge in [0.15, 0.2) is 5.13 Å². The SMILES string of the molecule is CC(=O)N(c1nc(/C=C/C(=O)N2CCCc3ccccc32)cs1)c1ccccc1F. The van der Waals surface area contributed by atoms with Crippen molar-refractivity contribution in [2.75, 3.05) is 16.3 Å². The number of anilines is 3. The molecule has 0 unspecified atom stereocenters. The lowest BCUT2D eigenvalue weighted by Crippen LogP contribution is -2.34. The number of hydrogen-bond donors (Lipinski definition) is 0. The molecule has 5 nitrogen and oxygen atoms in total. The Hall–Kier alpha value is -3.32. The molecule has 2 heterocycles. The second-order valence-corrected chi connectivity index (χ2v) is 7.75. The highest BCUT2D eigenvalue weighted by Gasteiger charge is 2.22. The summed E-state index contributed by atoms with van der Waals surface area (Å²) >= 11 is 1.22. The van der Waals surface area contributed by atoms with Crippen LogP contribution in [0.5, 0.6) is 0 Å². The third kappa shape index (κ3) is 4.02. The second kappa shape index (κ2) is 8.59. The lowest BCUT2D eigenvalue weighted by molar-refractivity contribution is -0.116. The number of nitrogens with zero attached hydrogens (tertiary/aromatic N) is 3. The monoisotopic (exact) mass is 421 g/mol. The zero-order chi connectivity index (χ0) is 21.1. The average Bonchev–Trinajstić information content (AvgIpc) is 3.21. The number of benzene rings is 2. The third-order valence-electron chi connectivity index (χ3n) is 4.88. The van der Waals surface area contributed by atoms with Crippen LogP contribution in [-0.2, 0) is 16.0 Å². The maximum atomic E-state index is 14.2. The van der Waals surface area contributed by atoms with Crippen LogP contribution in [0.4, 0.5) is 20.9 Å². The molecule has 2 aromatic carbocycles. The largest absolute Gasteiger partial charge is 0.309 e. The van der Waals surface area contributed by atoms with E-state index in [-0.39, 0.29) is 17.5 Å². The Morgan fingerprint density at radius 2 is 1.93 bits per heavy atom. The molecule has 3 aromatic rings. The molecular formula is C23H20FN3O2S. The quantitative estimate of drug-likeness (QED) is 0.560. The number of thiazole rings is 1. The van der Waals surface area contributed by atoms with Crippen molar-refractivity contribution in [2.24, 2.45) is 0 Å². The van der Waals surface area contributed by atoms with E-state index in [1.165, 1.54) is 46.9 Å². The highest BCUT2D eigenvalue weighted by atomic mass is 32.1. The number of rotatable bonds is 4. The number of carbonyl (C=O) groups is 2. The van der Waals surface area contributed by atoms with E-state index in [1.54, 1.807) is 28.5 Å². The summed E-state index contributed by atoms with van der Waals surface area (Å²) in [6.07, 6.45) is 5.01. The van der Waals surface area contributed by atoms with E-state index in [0.717, 1.165) is 18.5 Å². The fraction of sp³-hybridized carbons (Fsp3) is 0.174. The molecule has 0 atom stereocenters. The first-order valence-corrected chi connectivity index (χ1v) is 10.5. The normalized spacial score (nSPS) is 13.3. The number of carbonyl (C=O) groups excluding carboxylic acids is 2. The third-order valence-corrected chi connectivity index (χ3v) is 5.73. The van der Waals surface area contributed by atoms with Gasteiger partial charge in [0.25, 0.3) is 5.91 Å². The van der Waals surface area contributed by atoms with E-state index in [0.29, 0.717) is 17.4 Å². The van der Waals surface area contributed by atoms with Gasteiger partial charge in [0.2, 0.25) is 5.91 Å². The molecule has 4 rings (SSSR count). The summed E-state index contributed by atoms with van der Waals surface area (Å²) < 4.78 is 14.2. The number of hydrogen-bond acceptors (Lipinski definition) is 4. The molecule has 0 spiro atoms. The lowest BCUT2D eigenvalue weighted by Gasteiger charge is -2.28. The van der Waals surface area contributed by atoms with Gasteiger partial charge in [0.1, 0.15) is 5.82 Å². The Morgan fingerprint density at radius 3 is 2.73 bits per heavy atom. The topological polar surface area (TPSA) is 53.5 Å². The number of para-hydroxylation sites is 2. The summed E-state index contributed by atoms with van der Waals surface area (Å²) in [5.74, 6) is -0.959. The van der Waals surface area contributed by atoms with E-state index in [1.807, 2.05) is 24.3 Å². The van der Waals surface area contributed by atoms with Crippen molar-refractivity contribution in [3.8, 4) is 0 Å². The summed E-state index contributed by atoms with van der Waals surface area (Å²) in [7, 11) is 0. The van der Waals surface area contributed by atoms with Crippen LogP contribution in [0.1, 0.15) is 24.6 Å². The van der Waals surface area contributed by atoms with Gasteiger partial charge >= 0.3 is 0 Å². The molecule has 152 valence electrons. The summed E-state index contributed by atoms with van der Waals surface area (Å²) in [4.78, 5) is 32.3. The van der Waals surface area contributed by atoms with Gasteiger partial charge in [-0.25, -0.2) is 9.37 Å². The smallest absolute Gasteiger partial charge is 0.251 e. The minimum atomic E-state index is -0.501. The Bertz CT molecular complexity index is 1120. The molecular weight excluding hydrogens is 401 g/mol. The molecule has 0 saturated heterocycles. The van der Waals surface area contributed by atoms with E-state index in [4.69, 9.17) is 0 Å². The van der Waals surface area contributed by atoms with Gasteiger partial charge in [0, 0.05) is 30.6 Å². The van der Waals surface area contributed by atoms with Crippen LogP contribution in [-0.4, -0.2) is 23.3 Å². The van der Waals surface area contributed by atoms with Gasteiger partial charge in [-0.2, -0.15) is 0 Å². The Labute approximate surface area is 178 Å². The molecule has 1 aliphatic heterocycles. The van der Waals surface area contributed by atoms with E-state index in [9.17, 15) is 14.0 Å². The van der Waals surface area contributed by atoms with E-state index in [2.05, 4.69) is 4.98 Å². The van der Waals surface area contributed by atoms with Crippen LogP contribution in [0.2, 0.25) is 0 Å². The Kier molecular flexibility index (Phi) is 5.72. The molecule has 0 aliphatic carbocycles. The zero-order valence-electron chi connectivity index (χ0n) is 16.4. The number of aromatic nitrogens is 1. The second-order valence-electron chi connectivity index (χ2n) is 6.92. The molecule has 1 aromatic heterocycles. The zero-order valence-corrected chi connectivity index (χ0v) is 17.2. The summed E-state index contributed by atoms with van der Waals surface area (Å²) in [6, 6.07) is 14.0.